The number of hydrogen-bond donors (Lipinski definition) is 2. The Kier molecular flexibility index (Phi) is 7.10. The lowest BCUT2D eigenvalue weighted by Gasteiger charge is -2.34. The van der Waals surface area contributed by atoms with Crippen molar-refractivity contribution in [3.63, 3.8) is 0 Å². The van der Waals surface area contributed by atoms with Crippen LogP contribution in [0, 0.1) is 0 Å². The van der Waals surface area contributed by atoms with Crippen LogP contribution < -0.4 is 5.32 Å². The van der Waals surface area contributed by atoms with E-state index in [1.807, 2.05) is 30.3 Å². The first-order valence-corrected chi connectivity index (χ1v) is 11.7. The number of carboxylic acid groups (broad SMARTS) is 1. The van der Waals surface area contributed by atoms with Gasteiger partial charge in [-0.1, -0.05) is 36.4 Å². The summed E-state index contributed by atoms with van der Waals surface area (Å²) in [6.45, 7) is 3.34. The number of nitrogens with zero attached hydrogens (tertiary/aromatic N) is 2. The van der Waals surface area contributed by atoms with Crippen LogP contribution in [0.15, 0.2) is 48.5 Å². The summed E-state index contributed by atoms with van der Waals surface area (Å²) in [7, 11) is 1.63. The number of rotatable bonds is 8. The third kappa shape index (κ3) is 4.96. The maximum atomic E-state index is 12.1. The molecule has 6 nitrogen and oxygen atoms in total. The number of carbonyl (C=O) groups is 2. The van der Waals surface area contributed by atoms with Crippen LogP contribution in [0.4, 0.5) is 4.79 Å². The molecule has 0 bridgehead atoms. The minimum absolute atomic E-state index is 0.0000659. The van der Waals surface area contributed by atoms with E-state index in [9.17, 15) is 14.7 Å². The fourth-order valence-corrected chi connectivity index (χ4v) is 5.35. The standard InChI is InChI=1S/C26H33N3O3/c1-28(26(31)32)18-20-10-7-11-22-21(20)12-13-24-23(22)14-17-29(24)16-6-5-15-27-25(30)19-8-3-2-4-9-19/h2-4,7-11,23-24H,5-6,12-18H2,1H3,(H,27,30)(H,31,32)/t23-,24+/m1/s1. The smallest absolute Gasteiger partial charge is 0.407 e. The number of nitrogens with one attached hydrogen (secondary N) is 1. The third-order valence-electron chi connectivity index (χ3n) is 6.99. The zero-order valence-corrected chi connectivity index (χ0v) is 18.8. The molecule has 2 atom stereocenters. The van der Waals surface area contributed by atoms with E-state index >= 15 is 0 Å². The van der Waals surface area contributed by atoms with Gasteiger partial charge in [-0.25, -0.2) is 4.79 Å². The highest BCUT2D eigenvalue weighted by Gasteiger charge is 2.38. The Morgan fingerprint density at radius 2 is 1.91 bits per heavy atom. The molecule has 0 spiro atoms. The lowest BCUT2D eigenvalue weighted by atomic mass is 9.77. The van der Waals surface area contributed by atoms with Crippen molar-refractivity contribution in [1.82, 2.24) is 15.1 Å². The number of hydrogen-bond acceptors (Lipinski definition) is 3. The Labute approximate surface area is 190 Å². The van der Waals surface area contributed by atoms with Crippen LogP contribution in [0.5, 0.6) is 0 Å². The average molecular weight is 436 g/mol. The Balaban J connectivity index is 1.27. The molecule has 170 valence electrons. The van der Waals surface area contributed by atoms with Crippen LogP contribution in [-0.4, -0.2) is 59.6 Å². The van der Waals surface area contributed by atoms with Crippen LogP contribution in [0.2, 0.25) is 0 Å². The van der Waals surface area contributed by atoms with Gasteiger partial charge in [0, 0.05) is 37.7 Å². The van der Waals surface area contributed by atoms with Crippen molar-refractivity contribution in [3.8, 4) is 0 Å². The molecule has 1 aliphatic carbocycles. The van der Waals surface area contributed by atoms with E-state index in [0.717, 1.165) is 44.3 Å². The topological polar surface area (TPSA) is 72.9 Å². The molecule has 0 radical (unpaired) electrons. The van der Waals surface area contributed by atoms with Gasteiger partial charge in [-0.2, -0.15) is 0 Å². The van der Waals surface area contributed by atoms with Gasteiger partial charge in [0.1, 0.15) is 0 Å². The van der Waals surface area contributed by atoms with E-state index in [4.69, 9.17) is 0 Å². The van der Waals surface area contributed by atoms with Crippen LogP contribution >= 0.6 is 0 Å². The Morgan fingerprint density at radius 3 is 2.69 bits per heavy atom. The predicted molar refractivity (Wildman–Crippen MR) is 125 cm³/mol. The van der Waals surface area contributed by atoms with Gasteiger partial charge in [-0.05, 0) is 74.0 Å². The zero-order chi connectivity index (χ0) is 22.5. The maximum Gasteiger partial charge on any atom is 0.407 e. The first kappa shape index (κ1) is 22.3. The highest BCUT2D eigenvalue weighted by atomic mass is 16.4. The molecule has 2 N–H and O–H groups in total. The van der Waals surface area contributed by atoms with E-state index in [1.165, 1.54) is 22.4 Å². The summed E-state index contributed by atoms with van der Waals surface area (Å²) in [5.74, 6) is 0.548. The lowest BCUT2D eigenvalue weighted by Crippen LogP contribution is -2.36. The molecule has 1 aliphatic heterocycles. The molecule has 0 unspecified atom stereocenters. The molecule has 4 rings (SSSR count). The van der Waals surface area contributed by atoms with Crippen molar-refractivity contribution in [2.24, 2.45) is 0 Å². The monoisotopic (exact) mass is 435 g/mol. The first-order valence-electron chi connectivity index (χ1n) is 11.7. The number of amides is 2. The minimum Gasteiger partial charge on any atom is -0.465 e. The molecular formula is C26H33N3O3. The summed E-state index contributed by atoms with van der Waals surface area (Å²) in [5, 5.41) is 12.3. The van der Waals surface area contributed by atoms with Crippen molar-refractivity contribution in [2.45, 2.75) is 50.6 Å². The lowest BCUT2D eigenvalue weighted by molar-refractivity contribution is 0.0952. The molecule has 0 saturated carbocycles. The first-order chi connectivity index (χ1) is 15.5. The fourth-order valence-electron chi connectivity index (χ4n) is 5.35. The quantitative estimate of drug-likeness (QED) is 0.612. The van der Waals surface area contributed by atoms with Crippen molar-refractivity contribution >= 4 is 12.0 Å². The van der Waals surface area contributed by atoms with E-state index in [2.05, 4.69) is 28.4 Å². The number of benzene rings is 2. The van der Waals surface area contributed by atoms with Gasteiger partial charge >= 0.3 is 6.09 Å². The highest BCUT2D eigenvalue weighted by Crippen LogP contribution is 2.42. The Bertz CT molecular complexity index is 947. The van der Waals surface area contributed by atoms with Gasteiger partial charge in [-0.3, -0.25) is 9.69 Å². The van der Waals surface area contributed by atoms with Crippen LogP contribution in [-0.2, 0) is 13.0 Å². The Morgan fingerprint density at radius 1 is 1.09 bits per heavy atom. The summed E-state index contributed by atoms with van der Waals surface area (Å²) in [6, 6.07) is 16.4. The summed E-state index contributed by atoms with van der Waals surface area (Å²) < 4.78 is 0. The van der Waals surface area contributed by atoms with Crippen LogP contribution in [0.3, 0.4) is 0 Å². The summed E-state index contributed by atoms with van der Waals surface area (Å²) in [4.78, 5) is 27.4. The van der Waals surface area contributed by atoms with Crippen LogP contribution in [0.25, 0.3) is 0 Å². The number of unbranched alkanes of at least 4 members (excludes halogenated alkanes) is 1. The normalized spacial score (nSPS) is 19.8. The zero-order valence-electron chi connectivity index (χ0n) is 18.8. The molecule has 2 aliphatic rings. The number of likely N-dealkylation sites (tertiary alicyclic amines) is 1. The molecule has 2 aromatic carbocycles. The van der Waals surface area contributed by atoms with E-state index < -0.39 is 6.09 Å². The van der Waals surface area contributed by atoms with Gasteiger partial charge in [0.05, 0.1) is 0 Å². The second kappa shape index (κ2) is 10.2. The van der Waals surface area contributed by atoms with E-state index in [-0.39, 0.29) is 5.91 Å². The van der Waals surface area contributed by atoms with Gasteiger partial charge in [-0.15, -0.1) is 0 Å². The molecule has 2 aromatic rings. The largest absolute Gasteiger partial charge is 0.465 e. The summed E-state index contributed by atoms with van der Waals surface area (Å²) in [5.41, 5.74) is 4.66. The van der Waals surface area contributed by atoms with E-state index in [1.54, 1.807) is 7.05 Å². The van der Waals surface area contributed by atoms with Gasteiger partial charge < -0.3 is 15.3 Å². The van der Waals surface area contributed by atoms with Gasteiger partial charge in [0.2, 0.25) is 0 Å². The van der Waals surface area contributed by atoms with Crippen molar-refractivity contribution < 1.29 is 14.7 Å². The van der Waals surface area contributed by atoms with Crippen molar-refractivity contribution in [2.75, 3.05) is 26.7 Å². The summed E-state index contributed by atoms with van der Waals surface area (Å²) >= 11 is 0. The molecule has 1 saturated heterocycles. The average Bonchev–Trinajstić information content (AvgIpc) is 3.23. The number of fused-ring (bicyclic) bond motifs is 3. The SMILES string of the molecule is CN(Cc1cccc2c1CC[C@H]1[C@@H]2CCN1CCCCNC(=O)c1ccccc1)C(=O)O. The molecule has 32 heavy (non-hydrogen) atoms. The molecule has 1 heterocycles. The third-order valence-corrected chi connectivity index (χ3v) is 6.99. The molecule has 2 amide bonds. The minimum atomic E-state index is -0.886. The van der Waals surface area contributed by atoms with Crippen molar-refractivity contribution in [1.29, 1.82) is 0 Å². The van der Waals surface area contributed by atoms with Gasteiger partial charge in [0.15, 0.2) is 0 Å². The maximum absolute atomic E-state index is 12.1. The van der Waals surface area contributed by atoms with E-state index in [0.29, 0.717) is 30.6 Å². The highest BCUT2D eigenvalue weighted by molar-refractivity contribution is 5.94. The second-order valence-electron chi connectivity index (χ2n) is 8.99. The van der Waals surface area contributed by atoms with Gasteiger partial charge in [0.25, 0.3) is 5.91 Å². The molecule has 6 heteroatoms. The molecular weight excluding hydrogens is 402 g/mol. The Hall–Kier alpha value is -2.86. The van der Waals surface area contributed by atoms with Crippen molar-refractivity contribution in [3.05, 3.63) is 70.8 Å². The molecule has 0 aromatic heterocycles. The fraction of sp³-hybridized carbons (Fsp3) is 0.462. The van der Waals surface area contributed by atoms with Crippen LogP contribution in [0.1, 0.15) is 58.6 Å². The second-order valence-corrected chi connectivity index (χ2v) is 8.99. The summed E-state index contributed by atoms with van der Waals surface area (Å²) in [6.07, 6.45) is 4.49. The number of carbonyl (C=O) groups excluding carboxylic acids is 1. The predicted octanol–water partition coefficient (Wildman–Crippen LogP) is 4.11. The molecule has 1 fully saturated rings.